The molecule has 0 bridgehead atoms. The van der Waals surface area contributed by atoms with Gasteiger partial charge >= 0.3 is 5.97 Å². The predicted octanol–water partition coefficient (Wildman–Crippen LogP) is 3.82. The highest BCUT2D eigenvalue weighted by atomic mass is 79.9. The van der Waals surface area contributed by atoms with Crippen molar-refractivity contribution in [3.63, 3.8) is 0 Å². The molecule has 37 heavy (non-hydrogen) atoms. The number of aliphatic hydroxyl groups is 1. The molecule has 5 unspecified atom stereocenters. The third-order valence-electron chi connectivity index (χ3n) is 6.86. The van der Waals surface area contributed by atoms with Crippen LogP contribution >= 0.6 is 27.5 Å². The second-order valence-corrected chi connectivity index (χ2v) is 11.8. The van der Waals surface area contributed by atoms with Gasteiger partial charge in [-0.05, 0) is 23.3 Å². The molecule has 2 aromatic carbocycles. The molecule has 9 nitrogen and oxygen atoms in total. The van der Waals surface area contributed by atoms with Gasteiger partial charge in [-0.15, -0.1) is 0 Å². The topological polar surface area (TPSA) is 132 Å². The zero-order chi connectivity index (χ0) is 26.8. The number of nitrogens with zero attached hydrogens (tertiary/aromatic N) is 1. The van der Waals surface area contributed by atoms with Crippen molar-refractivity contribution in [1.82, 2.24) is 4.98 Å². The van der Waals surface area contributed by atoms with E-state index in [9.17, 15) is 23.4 Å². The molecule has 0 amide bonds. The molecule has 5 rings (SSSR count). The molecule has 1 aromatic heterocycles. The van der Waals surface area contributed by atoms with Crippen LogP contribution in [-0.2, 0) is 30.3 Å². The fourth-order valence-corrected chi connectivity index (χ4v) is 6.75. The van der Waals surface area contributed by atoms with E-state index in [1.807, 2.05) is 0 Å². The van der Waals surface area contributed by atoms with Gasteiger partial charge in [-0.2, -0.15) is 8.42 Å². The van der Waals surface area contributed by atoms with Crippen LogP contribution in [-0.4, -0.2) is 49.1 Å². The van der Waals surface area contributed by atoms with Crippen LogP contribution < -0.4 is 9.47 Å². The van der Waals surface area contributed by atoms with Crippen molar-refractivity contribution >= 4 is 43.6 Å². The Bertz CT molecular complexity index is 1490. The summed E-state index contributed by atoms with van der Waals surface area (Å²) in [5, 5.41) is 23.3. The van der Waals surface area contributed by atoms with Crippen LogP contribution in [0.4, 0.5) is 0 Å². The van der Waals surface area contributed by atoms with Crippen LogP contribution in [0.3, 0.4) is 0 Å². The number of benzene rings is 2. The maximum absolute atomic E-state index is 12.9. The standard InChI is InChI=1S/C25H21BrClNO8S/c1-34-22-20-16(12-17(27)28-22)35-25(14-8-10-15(26)11-9-14)19(13-6-4-3-5-7-13)18(23(29)30)21(24(20,25)31)36-37(2,32)33/h3-12,18-19,21,31H,1-2H3,(H,29,30). The summed E-state index contributed by atoms with van der Waals surface area (Å²) < 4.78 is 43.1. The smallest absolute Gasteiger partial charge is 0.310 e. The van der Waals surface area contributed by atoms with Gasteiger partial charge < -0.3 is 19.7 Å². The molecular formula is C25H21BrClNO8S. The number of pyridine rings is 1. The summed E-state index contributed by atoms with van der Waals surface area (Å²) in [5.74, 6) is -4.16. The minimum absolute atomic E-state index is 0.00300. The molecule has 1 fully saturated rings. The first-order valence-electron chi connectivity index (χ1n) is 11.0. The lowest BCUT2D eigenvalue weighted by molar-refractivity contribution is -0.153. The van der Waals surface area contributed by atoms with Crippen LogP contribution in [0.15, 0.2) is 65.1 Å². The first-order valence-corrected chi connectivity index (χ1v) is 14.0. The molecule has 5 atom stereocenters. The van der Waals surface area contributed by atoms with E-state index >= 15 is 0 Å². The third-order valence-corrected chi connectivity index (χ3v) is 8.14. The average Bonchev–Trinajstić information content (AvgIpc) is 3.21. The molecule has 0 spiro atoms. The lowest BCUT2D eigenvalue weighted by Crippen LogP contribution is -2.53. The normalized spacial score (nSPS) is 28.3. The Morgan fingerprint density at radius 3 is 2.38 bits per heavy atom. The van der Waals surface area contributed by atoms with Crippen molar-refractivity contribution in [3.8, 4) is 11.6 Å². The van der Waals surface area contributed by atoms with Gasteiger partial charge in [0.2, 0.25) is 5.88 Å². The zero-order valence-electron chi connectivity index (χ0n) is 19.5. The number of aliphatic carboxylic acids is 1. The summed E-state index contributed by atoms with van der Waals surface area (Å²) in [4.78, 5) is 17.0. The van der Waals surface area contributed by atoms with Crippen molar-refractivity contribution in [3.05, 3.63) is 87.0 Å². The number of fused-ring (bicyclic) bond motifs is 3. The van der Waals surface area contributed by atoms with E-state index in [0.29, 0.717) is 11.1 Å². The van der Waals surface area contributed by atoms with E-state index in [1.165, 1.54) is 13.2 Å². The van der Waals surface area contributed by atoms with Crippen LogP contribution in [0, 0.1) is 5.92 Å². The summed E-state index contributed by atoms with van der Waals surface area (Å²) in [6.45, 7) is 0. The lowest BCUT2D eigenvalue weighted by atomic mass is 9.71. The molecule has 1 aliphatic heterocycles. The van der Waals surface area contributed by atoms with E-state index in [-0.39, 0.29) is 22.3 Å². The molecule has 1 saturated carbocycles. The van der Waals surface area contributed by atoms with Gasteiger partial charge in [-0.3, -0.25) is 8.98 Å². The Kier molecular flexibility index (Phi) is 6.27. The van der Waals surface area contributed by atoms with Crippen LogP contribution in [0.25, 0.3) is 0 Å². The molecule has 194 valence electrons. The molecule has 0 saturated heterocycles. The zero-order valence-corrected chi connectivity index (χ0v) is 22.6. The van der Waals surface area contributed by atoms with Crippen molar-refractivity contribution < 1.29 is 37.1 Å². The van der Waals surface area contributed by atoms with Crippen molar-refractivity contribution in [2.75, 3.05) is 13.4 Å². The van der Waals surface area contributed by atoms with Gasteiger partial charge in [0, 0.05) is 16.5 Å². The maximum atomic E-state index is 12.9. The third kappa shape index (κ3) is 3.83. The number of carboxylic acids is 1. The minimum Gasteiger partial charge on any atom is -0.481 e. The molecule has 2 N–H and O–H groups in total. The number of hydrogen-bond acceptors (Lipinski definition) is 8. The summed E-state index contributed by atoms with van der Waals surface area (Å²) >= 11 is 9.61. The monoisotopic (exact) mass is 609 g/mol. The average molecular weight is 611 g/mol. The summed E-state index contributed by atoms with van der Waals surface area (Å²) in [7, 11) is -2.98. The van der Waals surface area contributed by atoms with Gasteiger partial charge in [-0.1, -0.05) is 70.0 Å². The predicted molar refractivity (Wildman–Crippen MR) is 136 cm³/mol. The second-order valence-electron chi connectivity index (χ2n) is 8.91. The molecule has 3 aromatic rings. The summed E-state index contributed by atoms with van der Waals surface area (Å²) in [6.07, 6.45) is -1.03. The number of halogens is 2. The SMILES string of the molecule is COc1nc(Cl)cc2c1C1(O)C(OS(C)(=O)=O)C(C(=O)O)C(c3ccccc3)C1(c1ccc(Br)cc1)O2. The number of carbonyl (C=O) groups is 1. The van der Waals surface area contributed by atoms with E-state index in [4.69, 9.17) is 25.3 Å². The lowest BCUT2D eigenvalue weighted by Gasteiger charge is -2.41. The van der Waals surface area contributed by atoms with E-state index in [0.717, 1.165) is 10.7 Å². The maximum Gasteiger partial charge on any atom is 0.310 e. The van der Waals surface area contributed by atoms with Gasteiger partial charge in [0.15, 0.2) is 11.2 Å². The second kappa shape index (κ2) is 8.95. The number of hydrogen-bond donors (Lipinski definition) is 2. The minimum atomic E-state index is -4.28. The molecule has 12 heteroatoms. The fraction of sp³-hybridized carbons (Fsp3) is 0.280. The summed E-state index contributed by atoms with van der Waals surface area (Å²) in [6, 6.07) is 16.7. The Hall–Kier alpha value is -2.70. The van der Waals surface area contributed by atoms with Crippen molar-refractivity contribution in [1.29, 1.82) is 0 Å². The molecular weight excluding hydrogens is 590 g/mol. The van der Waals surface area contributed by atoms with Gasteiger partial charge in [-0.25, -0.2) is 4.98 Å². The van der Waals surface area contributed by atoms with Crippen molar-refractivity contribution in [2.45, 2.75) is 23.2 Å². The number of carboxylic acid groups (broad SMARTS) is 1. The largest absolute Gasteiger partial charge is 0.481 e. The quantitative estimate of drug-likeness (QED) is 0.316. The van der Waals surface area contributed by atoms with E-state index in [1.54, 1.807) is 54.6 Å². The molecule has 0 radical (unpaired) electrons. The van der Waals surface area contributed by atoms with Crippen molar-refractivity contribution in [2.24, 2.45) is 5.92 Å². The van der Waals surface area contributed by atoms with Crippen LogP contribution in [0.2, 0.25) is 5.15 Å². The van der Waals surface area contributed by atoms with Gasteiger partial charge in [0.05, 0.1) is 24.8 Å². The number of ether oxygens (including phenoxy) is 2. The van der Waals surface area contributed by atoms with Gasteiger partial charge in [0.25, 0.3) is 10.1 Å². The highest BCUT2D eigenvalue weighted by molar-refractivity contribution is 9.10. The molecule has 1 aliphatic carbocycles. The highest BCUT2D eigenvalue weighted by Crippen LogP contribution is 2.70. The Morgan fingerprint density at radius 2 is 1.81 bits per heavy atom. The highest BCUT2D eigenvalue weighted by Gasteiger charge is 2.79. The first kappa shape index (κ1) is 25.9. The van der Waals surface area contributed by atoms with E-state index < -0.39 is 45.2 Å². The Labute approximate surface area is 226 Å². The van der Waals surface area contributed by atoms with Crippen LogP contribution in [0.5, 0.6) is 11.6 Å². The molecule has 2 heterocycles. The van der Waals surface area contributed by atoms with Crippen LogP contribution in [0.1, 0.15) is 22.6 Å². The Balaban J connectivity index is 1.95. The number of methoxy groups -OCH3 is 1. The first-order chi connectivity index (χ1) is 17.4. The number of aromatic nitrogens is 1. The summed E-state index contributed by atoms with van der Waals surface area (Å²) in [5.41, 5.74) is -3.46. The Morgan fingerprint density at radius 1 is 1.16 bits per heavy atom. The number of rotatable bonds is 6. The van der Waals surface area contributed by atoms with E-state index in [2.05, 4.69) is 20.9 Å². The van der Waals surface area contributed by atoms with Gasteiger partial charge in [0.1, 0.15) is 17.0 Å². The molecule has 2 aliphatic rings. The fourth-order valence-electron chi connectivity index (χ4n) is 5.68.